The largest absolute Gasteiger partial charge is 0.504 e. The highest BCUT2D eigenvalue weighted by Crippen LogP contribution is 2.44. The average Bonchev–Trinajstić information content (AvgIpc) is 2.94. The van der Waals surface area contributed by atoms with Gasteiger partial charge in [0.05, 0.1) is 11.9 Å². The first-order valence-electron chi connectivity index (χ1n) is 6.12. The molecule has 0 saturated carbocycles. The lowest BCUT2D eigenvalue weighted by molar-refractivity contribution is 0.369. The van der Waals surface area contributed by atoms with Crippen molar-refractivity contribution < 1.29 is 15.3 Å². The van der Waals surface area contributed by atoms with Crippen molar-refractivity contribution in [2.45, 2.75) is 0 Å². The maximum absolute atomic E-state index is 10.0. The van der Waals surface area contributed by atoms with Crippen molar-refractivity contribution in [3.05, 3.63) is 47.6 Å². The van der Waals surface area contributed by atoms with Gasteiger partial charge in [0.1, 0.15) is 0 Å². The lowest BCUT2D eigenvalue weighted by atomic mass is 10.0. The average molecular weight is 303 g/mol. The maximum Gasteiger partial charge on any atom is 0.200 e. The third kappa shape index (κ3) is 2.17. The Kier molecular flexibility index (Phi) is 3.19. The second-order valence-electron chi connectivity index (χ2n) is 4.47. The summed E-state index contributed by atoms with van der Waals surface area (Å²) in [6.07, 6.45) is 1.58. The third-order valence-corrected chi connectivity index (χ3v) is 3.53. The van der Waals surface area contributed by atoms with Crippen LogP contribution in [-0.2, 0) is 0 Å². The Hall–Kier alpha value is -2.66. The van der Waals surface area contributed by atoms with Crippen LogP contribution in [0.2, 0.25) is 5.02 Å². The molecule has 0 bridgehead atoms. The minimum atomic E-state index is -0.577. The monoisotopic (exact) mass is 302 g/mol. The fourth-order valence-corrected chi connectivity index (χ4v) is 2.38. The van der Waals surface area contributed by atoms with Gasteiger partial charge in [-0.05, 0) is 18.2 Å². The van der Waals surface area contributed by atoms with Gasteiger partial charge in [0.2, 0.25) is 5.75 Å². The van der Waals surface area contributed by atoms with E-state index in [1.165, 1.54) is 12.1 Å². The molecule has 0 spiro atoms. The first-order valence-corrected chi connectivity index (χ1v) is 6.50. The van der Waals surface area contributed by atoms with Gasteiger partial charge in [0.25, 0.3) is 0 Å². The number of aromatic hydroxyl groups is 3. The highest BCUT2D eigenvalue weighted by atomic mass is 35.5. The fourth-order valence-electron chi connectivity index (χ4n) is 2.15. The van der Waals surface area contributed by atoms with Gasteiger partial charge in [0.15, 0.2) is 11.5 Å². The Labute approximate surface area is 125 Å². The summed E-state index contributed by atoms with van der Waals surface area (Å²) in [5.74, 6) is -1.39. The molecule has 1 heterocycles. The zero-order chi connectivity index (χ0) is 15.0. The molecule has 106 valence electrons. The van der Waals surface area contributed by atoms with E-state index in [4.69, 9.17) is 11.6 Å². The van der Waals surface area contributed by atoms with Crippen molar-refractivity contribution in [1.29, 1.82) is 0 Å². The molecular weight excluding hydrogens is 292 g/mol. The number of nitrogens with one attached hydrogen (secondary N) is 1. The first kappa shape index (κ1) is 13.3. The van der Waals surface area contributed by atoms with Gasteiger partial charge in [0, 0.05) is 21.7 Å². The van der Waals surface area contributed by atoms with Gasteiger partial charge in [-0.3, -0.25) is 5.10 Å². The van der Waals surface area contributed by atoms with Crippen molar-refractivity contribution in [3.63, 3.8) is 0 Å². The number of rotatable bonds is 2. The smallest absolute Gasteiger partial charge is 0.200 e. The second-order valence-corrected chi connectivity index (χ2v) is 4.88. The summed E-state index contributed by atoms with van der Waals surface area (Å²) in [7, 11) is 0. The van der Waals surface area contributed by atoms with Crippen LogP contribution in [0.15, 0.2) is 42.6 Å². The molecule has 0 unspecified atom stereocenters. The number of nitrogens with zero attached hydrogens (tertiary/aromatic N) is 1. The SMILES string of the molecule is Oc1ccc(-c2[nH]ncc2-c2ccccc2Cl)c(O)c1O. The molecule has 1 aromatic heterocycles. The minimum Gasteiger partial charge on any atom is -0.504 e. The zero-order valence-corrected chi connectivity index (χ0v) is 11.5. The van der Waals surface area contributed by atoms with E-state index in [9.17, 15) is 15.3 Å². The molecule has 3 rings (SSSR count). The molecule has 2 aromatic carbocycles. The Bertz CT molecular complexity index is 814. The molecule has 21 heavy (non-hydrogen) atoms. The van der Waals surface area contributed by atoms with Gasteiger partial charge in [-0.25, -0.2) is 0 Å². The van der Waals surface area contributed by atoms with Crippen LogP contribution in [0.4, 0.5) is 0 Å². The summed E-state index contributed by atoms with van der Waals surface area (Å²) >= 11 is 6.18. The summed E-state index contributed by atoms with van der Waals surface area (Å²) < 4.78 is 0. The first-order chi connectivity index (χ1) is 10.1. The normalized spacial score (nSPS) is 10.7. The number of benzene rings is 2. The predicted octanol–water partition coefficient (Wildman–Crippen LogP) is 3.51. The molecule has 0 fully saturated rings. The molecule has 5 nitrogen and oxygen atoms in total. The summed E-state index contributed by atoms with van der Waals surface area (Å²) in [5.41, 5.74) is 2.24. The predicted molar refractivity (Wildman–Crippen MR) is 79.5 cm³/mol. The number of phenols is 3. The standard InChI is InChI=1S/C15H11ClN2O3/c16-11-4-2-1-3-8(11)10-7-17-18-13(10)9-5-6-12(19)15(21)14(9)20/h1-7,19-21H,(H,17,18). The van der Waals surface area contributed by atoms with E-state index in [1.54, 1.807) is 12.3 Å². The van der Waals surface area contributed by atoms with Crippen LogP contribution >= 0.6 is 11.6 Å². The summed E-state index contributed by atoms with van der Waals surface area (Å²) in [6.45, 7) is 0. The number of halogens is 1. The van der Waals surface area contributed by atoms with E-state index in [0.29, 0.717) is 21.8 Å². The van der Waals surface area contributed by atoms with E-state index >= 15 is 0 Å². The highest BCUT2D eigenvalue weighted by molar-refractivity contribution is 6.33. The number of hydrogen-bond donors (Lipinski definition) is 4. The molecular formula is C15H11ClN2O3. The Morgan fingerprint density at radius 2 is 1.62 bits per heavy atom. The van der Waals surface area contributed by atoms with E-state index in [2.05, 4.69) is 10.2 Å². The van der Waals surface area contributed by atoms with Crippen molar-refractivity contribution in [1.82, 2.24) is 10.2 Å². The summed E-state index contributed by atoms with van der Waals surface area (Å²) in [4.78, 5) is 0. The lowest BCUT2D eigenvalue weighted by Gasteiger charge is -2.09. The Morgan fingerprint density at radius 1 is 0.857 bits per heavy atom. The molecule has 0 aliphatic carbocycles. The van der Waals surface area contributed by atoms with Crippen molar-refractivity contribution >= 4 is 11.6 Å². The van der Waals surface area contributed by atoms with E-state index in [0.717, 1.165) is 5.56 Å². The van der Waals surface area contributed by atoms with Crippen LogP contribution in [0.3, 0.4) is 0 Å². The van der Waals surface area contributed by atoms with Gasteiger partial charge in [-0.2, -0.15) is 5.10 Å². The van der Waals surface area contributed by atoms with Gasteiger partial charge >= 0.3 is 0 Å². The van der Waals surface area contributed by atoms with Crippen LogP contribution < -0.4 is 0 Å². The van der Waals surface area contributed by atoms with Crippen LogP contribution in [0.5, 0.6) is 17.2 Å². The van der Waals surface area contributed by atoms with Gasteiger partial charge in [-0.15, -0.1) is 0 Å². The number of aromatic amines is 1. The zero-order valence-electron chi connectivity index (χ0n) is 10.7. The second kappa shape index (κ2) is 5.03. The molecule has 0 aliphatic heterocycles. The minimum absolute atomic E-state index is 0.317. The molecule has 0 saturated heterocycles. The van der Waals surface area contributed by atoms with E-state index in [-0.39, 0.29) is 0 Å². The van der Waals surface area contributed by atoms with Crippen LogP contribution in [0, 0.1) is 0 Å². The maximum atomic E-state index is 10.0. The van der Waals surface area contributed by atoms with Crippen molar-refractivity contribution in [3.8, 4) is 39.6 Å². The lowest BCUT2D eigenvalue weighted by Crippen LogP contribution is -1.85. The highest BCUT2D eigenvalue weighted by Gasteiger charge is 2.18. The molecule has 0 radical (unpaired) electrons. The molecule has 0 aliphatic rings. The Balaban J connectivity index is 2.21. The Morgan fingerprint density at radius 3 is 2.38 bits per heavy atom. The van der Waals surface area contributed by atoms with Gasteiger partial charge in [-0.1, -0.05) is 29.8 Å². The molecule has 0 atom stereocenters. The number of aromatic nitrogens is 2. The van der Waals surface area contributed by atoms with Crippen molar-refractivity contribution in [2.24, 2.45) is 0 Å². The van der Waals surface area contributed by atoms with E-state index < -0.39 is 17.2 Å². The summed E-state index contributed by atoms with van der Waals surface area (Å²) in [5, 5.41) is 36.3. The van der Waals surface area contributed by atoms with Crippen LogP contribution in [-0.4, -0.2) is 25.5 Å². The molecule has 0 amide bonds. The molecule has 3 aromatic rings. The summed E-state index contributed by atoms with van der Waals surface area (Å²) in [6, 6.07) is 10.0. The van der Waals surface area contributed by atoms with E-state index in [1.807, 2.05) is 18.2 Å². The van der Waals surface area contributed by atoms with Crippen LogP contribution in [0.25, 0.3) is 22.4 Å². The fraction of sp³-hybridized carbons (Fsp3) is 0. The third-order valence-electron chi connectivity index (χ3n) is 3.20. The topological polar surface area (TPSA) is 89.4 Å². The van der Waals surface area contributed by atoms with Crippen molar-refractivity contribution in [2.75, 3.05) is 0 Å². The van der Waals surface area contributed by atoms with Crippen LogP contribution in [0.1, 0.15) is 0 Å². The quantitative estimate of drug-likeness (QED) is 0.545. The number of phenolic OH excluding ortho intramolecular Hbond substituents is 3. The number of H-pyrrole nitrogens is 1. The van der Waals surface area contributed by atoms with Gasteiger partial charge < -0.3 is 15.3 Å². The number of hydrogen-bond acceptors (Lipinski definition) is 4. The molecule has 6 heteroatoms. The molecule has 4 N–H and O–H groups in total.